The summed E-state index contributed by atoms with van der Waals surface area (Å²) in [5.74, 6) is 0.466. The molecule has 3 nitrogen and oxygen atoms in total. The van der Waals surface area contributed by atoms with Crippen LogP contribution >= 0.6 is 11.3 Å². The fraction of sp³-hybridized carbons (Fsp3) is 0.667. The minimum Gasteiger partial charge on any atom is -0.391 e. The molecule has 0 spiro atoms. The summed E-state index contributed by atoms with van der Waals surface area (Å²) in [5.41, 5.74) is 6.26. The third kappa shape index (κ3) is 3.06. The van der Waals surface area contributed by atoms with Gasteiger partial charge in [0.2, 0.25) is 0 Å². The van der Waals surface area contributed by atoms with Gasteiger partial charge in [-0.2, -0.15) is 0 Å². The van der Waals surface area contributed by atoms with Gasteiger partial charge in [0.05, 0.1) is 16.8 Å². The van der Waals surface area contributed by atoms with Crippen LogP contribution in [0.25, 0.3) is 0 Å². The number of nitrogens with two attached hydrogens (primary N) is 1. The Kier molecular flexibility index (Phi) is 3.84. The van der Waals surface area contributed by atoms with Crippen LogP contribution in [-0.4, -0.2) is 22.7 Å². The number of rotatable bonds is 4. The summed E-state index contributed by atoms with van der Waals surface area (Å²) in [6.45, 7) is 4.53. The number of aliphatic hydroxyl groups is 1. The summed E-state index contributed by atoms with van der Waals surface area (Å²) in [6, 6.07) is 0. The van der Waals surface area contributed by atoms with E-state index in [1.54, 1.807) is 11.3 Å². The van der Waals surface area contributed by atoms with E-state index in [1.165, 1.54) is 0 Å². The lowest BCUT2D eigenvalue weighted by molar-refractivity contribution is 0.182. The lowest BCUT2D eigenvalue weighted by Gasteiger charge is -2.03. The van der Waals surface area contributed by atoms with E-state index >= 15 is 0 Å². The SMILES string of the molecule is CC(C)c1nc(CC(O)CN)cs1. The summed E-state index contributed by atoms with van der Waals surface area (Å²) < 4.78 is 0. The lowest BCUT2D eigenvalue weighted by atomic mass is 10.2. The van der Waals surface area contributed by atoms with Crippen LogP contribution in [0.5, 0.6) is 0 Å². The molecule has 0 amide bonds. The van der Waals surface area contributed by atoms with Gasteiger partial charge in [0.1, 0.15) is 0 Å². The number of nitrogens with zero attached hydrogens (tertiary/aromatic N) is 1. The Morgan fingerprint density at radius 2 is 2.31 bits per heavy atom. The molecule has 0 radical (unpaired) electrons. The topological polar surface area (TPSA) is 59.1 Å². The number of aromatic nitrogens is 1. The van der Waals surface area contributed by atoms with E-state index < -0.39 is 6.10 Å². The molecule has 3 N–H and O–H groups in total. The Bertz CT molecular complexity index is 260. The molecular weight excluding hydrogens is 184 g/mol. The number of aliphatic hydroxyl groups excluding tert-OH is 1. The molecule has 74 valence electrons. The molecule has 1 rings (SSSR count). The van der Waals surface area contributed by atoms with Crippen LogP contribution in [0.4, 0.5) is 0 Å². The van der Waals surface area contributed by atoms with Crippen molar-refractivity contribution in [3.63, 3.8) is 0 Å². The average molecular weight is 200 g/mol. The summed E-state index contributed by atoms with van der Waals surface area (Å²) in [6.07, 6.45) is 0.113. The molecule has 1 aromatic heterocycles. The van der Waals surface area contributed by atoms with E-state index in [2.05, 4.69) is 18.8 Å². The zero-order chi connectivity index (χ0) is 9.84. The molecule has 1 unspecified atom stereocenters. The molecule has 1 heterocycles. The standard InChI is InChI=1S/C9H16N2OS/c1-6(2)9-11-7(5-13-9)3-8(12)4-10/h5-6,8,12H,3-4,10H2,1-2H3. The number of hydrogen-bond donors (Lipinski definition) is 2. The largest absolute Gasteiger partial charge is 0.391 e. The van der Waals surface area contributed by atoms with Gasteiger partial charge < -0.3 is 10.8 Å². The number of thiazole rings is 1. The Morgan fingerprint density at radius 3 is 2.77 bits per heavy atom. The molecule has 1 atom stereocenters. The molecule has 0 aromatic carbocycles. The monoisotopic (exact) mass is 200 g/mol. The summed E-state index contributed by atoms with van der Waals surface area (Å²) >= 11 is 1.65. The lowest BCUT2D eigenvalue weighted by Crippen LogP contribution is -2.22. The maximum absolute atomic E-state index is 9.30. The van der Waals surface area contributed by atoms with Crippen molar-refractivity contribution >= 4 is 11.3 Å². The average Bonchev–Trinajstić information content (AvgIpc) is 2.52. The van der Waals surface area contributed by atoms with Crippen molar-refractivity contribution < 1.29 is 5.11 Å². The van der Waals surface area contributed by atoms with E-state index in [1.807, 2.05) is 5.38 Å². The van der Waals surface area contributed by atoms with Gasteiger partial charge in [-0.25, -0.2) is 4.98 Å². The highest BCUT2D eigenvalue weighted by atomic mass is 32.1. The minimum atomic E-state index is -0.456. The van der Waals surface area contributed by atoms with Gasteiger partial charge in [0.25, 0.3) is 0 Å². The van der Waals surface area contributed by atoms with E-state index in [9.17, 15) is 5.11 Å². The van der Waals surface area contributed by atoms with Crippen molar-refractivity contribution in [2.45, 2.75) is 32.3 Å². The van der Waals surface area contributed by atoms with Crippen LogP contribution in [0.1, 0.15) is 30.5 Å². The molecule has 0 aliphatic heterocycles. The van der Waals surface area contributed by atoms with Crippen LogP contribution < -0.4 is 5.73 Å². The predicted molar refractivity (Wildman–Crippen MR) is 55.0 cm³/mol. The second-order valence-corrected chi connectivity index (χ2v) is 4.32. The fourth-order valence-electron chi connectivity index (χ4n) is 1.01. The maximum atomic E-state index is 9.30. The van der Waals surface area contributed by atoms with Gasteiger partial charge in [-0.05, 0) is 0 Å². The highest BCUT2D eigenvalue weighted by Crippen LogP contribution is 2.19. The van der Waals surface area contributed by atoms with Gasteiger partial charge in [-0.3, -0.25) is 0 Å². The molecule has 1 aromatic rings. The van der Waals surface area contributed by atoms with E-state index in [-0.39, 0.29) is 0 Å². The van der Waals surface area contributed by atoms with Crippen molar-refractivity contribution in [2.75, 3.05) is 6.54 Å². The third-order valence-corrected chi connectivity index (χ3v) is 2.97. The Labute approximate surface area is 82.6 Å². The van der Waals surface area contributed by atoms with E-state index in [0.29, 0.717) is 18.9 Å². The first-order valence-corrected chi connectivity index (χ1v) is 5.34. The van der Waals surface area contributed by atoms with Crippen LogP contribution in [-0.2, 0) is 6.42 Å². The van der Waals surface area contributed by atoms with Gasteiger partial charge in [0, 0.05) is 24.3 Å². The molecule has 13 heavy (non-hydrogen) atoms. The first-order chi connectivity index (χ1) is 6.13. The van der Waals surface area contributed by atoms with Crippen molar-refractivity contribution in [3.8, 4) is 0 Å². The van der Waals surface area contributed by atoms with Crippen LogP contribution in [0.2, 0.25) is 0 Å². The summed E-state index contributed by atoms with van der Waals surface area (Å²) in [4.78, 5) is 4.40. The molecule has 0 saturated carbocycles. The van der Waals surface area contributed by atoms with Crippen LogP contribution in [0.15, 0.2) is 5.38 Å². The van der Waals surface area contributed by atoms with Gasteiger partial charge in [0.15, 0.2) is 0 Å². The normalized spacial score (nSPS) is 13.6. The van der Waals surface area contributed by atoms with Gasteiger partial charge >= 0.3 is 0 Å². The molecule has 0 saturated heterocycles. The number of hydrogen-bond acceptors (Lipinski definition) is 4. The Balaban J connectivity index is 2.58. The predicted octanol–water partition coefficient (Wildman–Crippen LogP) is 1.13. The molecule has 4 heteroatoms. The smallest absolute Gasteiger partial charge is 0.0953 e. The minimum absolute atomic E-state index is 0.300. The summed E-state index contributed by atoms with van der Waals surface area (Å²) in [5, 5.41) is 12.4. The molecule has 0 bridgehead atoms. The van der Waals surface area contributed by atoms with Crippen molar-refractivity contribution in [2.24, 2.45) is 5.73 Å². The van der Waals surface area contributed by atoms with Crippen molar-refractivity contribution in [1.82, 2.24) is 4.98 Å². The Hall–Kier alpha value is -0.450. The molecule has 0 aliphatic carbocycles. The molecule has 0 fully saturated rings. The zero-order valence-electron chi connectivity index (χ0n) is 8.03. The van der Waals surface area contributed by atoms with Crippen LogP contribution in [0, 0.1) is 0 Å². The molecule has 0 aliphatic rings. The van der Waals surface area contributed by atoms with Gasteiger partial charge in [-0.1, -0.05) is 13.8 Å². The fourth-order valence-corrected chi connectivity index (χ4v) is 1.85. The van der Waals surface area contributed by atoms with Crippen molar-refractivity contribution in [3.05, 3.63) is 16.1 Å². The second-order valence-electron chi connectivity index (χ2n) is 3.43. The van der Waals surface area contributed by atoms with Gasteiger partial charge in [-0.15, -0.1) is 11.3 Å². The quantitative estimate of drug-likeness (QED) is 0.766. The van der Waals surface area contributed by atoms with Crippen molar-refractivity contribution in [1.29, 1.82) is 0 Å². The highest BCUT2D eigenvalue weighted by molar-refractivity contribution is 7.09. The van der Waals surface area contributed by atoms with E-state index in [0.717, 1.165) is 10.7 Å². The first kappa shape index (κ1) is 10.6. The first-order valence-electron chi connectivity index (χ1n) is 4.46. The Morgan fingerprint density at radius 1 is 1.62 bits per heavy atom. The highest BCUT2D eigenvalue weighted by Gasteiger charge is 2.08. The van der Waals surface area contributed by atoms with Crippen LogP contribution in [0.3, 0.4) is 0 Å². The zero-order valence-corrected chi connectivity index (χ0v) is 8.84. The summed E-state index contributed by atoms with van der Waals surface area (Å²) in [7, 11) is 0. The maximum Gasteiger partial charge on any atom is 0.0953 e. The second kappa shape index (κ2) is 4.69. The van der Waals surface area contributed by atoms with E-state index in [4.69, 9.17) is 5.73 Å². The molecular formula is C9H16N2OS. The third-order valence-electron chi connectivity index (χ3n) is 1.78.